The van der Waals surface area contributed by atoms with Gasteiger partial charge in [-0.15, -0.1) is 0 Å². The minimum absolute atomic E-state index is 0.691. The van der Waals surface area contributed by atoms with Crippen LogP contribution in [0.4, 0.5) is 17.5 Å². The molecule has 1 aromatic carbocycles. The third-order valence-corrected chi connectivity index (χ3v) is 3.49. The number of hydrogen-bond acceptors (Lipinski definition) is 5. The van der Waals surface area contributed by atoms with Gasteiger partial charge in [0.05, 0.1) is 5.52 Å². The molecule has 0 amide bonds. The molecule has 21 heavy (non-hydrogen) atoms. The number of H-pyrrole nitrogens is 1. The number of aromatic nitrogens is 4. The Bertz CT molecular complexity index is 777. The summed E-state index contributed by atoms with van der Waals surface area (Å²) in [4.78, 5) is 12.7. The highest BCUT2D eigenvalue weighted by Gasteiger charge is 2.10. The van der Waals surface area contributed by atoms with E-state index in [4.69, 9.17) is 0 Å². The van der Waals surface area contributed by atoms with Crippen LogP contribution in [-0.2, 0) is 0 Å². The Kier molecular flexibility index (Phi) is 3.21. The zero-order valence-corrected chi connectivity index (χ0v) is 12.6. The summed E-state index contributed by atoms with van der Waals surface area (Å²) in [5.41, 5.74) is 3.08. The Morgan fingerprint density at radius 1 is 1.10 bits per heavy atom. The van der Waals surface area contributed by atoms with Gasteiger partial charge < -0.3 is 9.80 Å². The maximum absolute atomic E-state index is 4.55. The van der Waals surface area contributed by atoms with Crippen LogP contribution in [0.2, 0.25) is 0 Å². The molecule has 0 aliphatic rings. The molecule has 0 spiro atoms. The van der Waals surface area contributed by atoms with Gasteiger partial charge in [-0.05, 0) is 31.2 Å². The maximum atomic E-state index is 4.55. The summed E-state index contributed by atoms with van der Waals surface area (Å²) in [6, 6.07) is 8.10. The minimum atomic E-state index is 0.691. The molecule has 6 nitrogen and oxygen atoms in total. The number of anilines is 3. The van der Waals surface area contributed by atoms with Gasteiger partial charge in [-0.3, -0.25) is 5.10 Å². The molecule has 0 aliphatic carbocycles. The van der Waals surface area contributed by atoms with Crippen LogP contribution >= 0.6 is 0 Å². The molecule has 3 aromatic rings. The van der Waals surface area contributed by atoms with Gasteiger partial charge in [0.2, 0.25) is 5.95 Å². The summed E-state index contributed by atoms with van der Waals surface area (Å²) in [5, 5.41) is 8.46. The summed E-state index contributed by atoms with van der Waals surface area (Å²) in [6.07, 6.45) is 1.77. The zero-order chi connectivity index (χ0) is 15.0. The molecule has 3 rings (SSSR count). The van der Waals surface area contributed by atoms with Crippen LogP contribution in [0.5, 0.6) is 0 Å². The Balaban J connectivity index is 1.99. The molecule has 0 radical (unpaired) electrons. The lowest BCUT2D eigenvalue weighted by molar-refractivity contribution is 0.981. The average molecular weight is 282 g/mol. The van der Waals surface area contributed by atoms with Gasteiger partial charge in [-0.1, -0.05) is 0 Å². The third-order valence-electron chi connectivity index (χ3n) is 3.49. The van der Waals surface area contributed by atoms with E-state index in [0.717, 1.165) is 28.1 Å². The van der Waals surface area contributed by atoms with Crippen LogP contribution in [0, 0.1) is 6.92 Å². The van der Waals surface area contributed by atoms with Gasteiger partial charge in [0.1, 0.15) is 5.82 Å². The average Bonchev–Trinajstić information content (AvgIpc) is 2.87. The number of rotatable bonds is 3. The summed E-state index contributed by atoms with van der Waals surface area (Å²) in [5.74, 6) is 1.54. The van der Waals surface area contributed by atoms with E-state index in [1.165, 1.54) is 0 Å². The highest BCUT2D eigenvalue weighted by molar-refractivity contribution is 5.85. The Morgan fingerprint density at radius 2 is 1.90 bits per heavy atom. The van der Waals surface area contributed by atoms with Crippen molar-refractivity contribution >= 4 is 28.4 Å². The van der Waals surface area contributed by atoms with Crippen molar-refractivity contribution in [3.05, 3.63) is 36.2 Å². The van der Waals surface area contributed by atoms with Crippen molar-refractivity contribution in [2.45, 2.75) is 6.92 Å². The monoisotopic (exact) mass is 282 g/mol. The molecule has 0 bridgehead atoms. The summed E-state index contributed by atoms with van der Waals surface area (Å²) in [6.45, 7) is 2.02. The fourth-order valence-electron chi connectivity index (χ4n) is 2.22. The predicted molar refractivity (Wildman–Crippen MR) is 85.3 cm³/mol. The largest absolute Gasteiger partial charge is 0.347 e. The molecule has 1 N–H and O–H groups in total. The molecule has 108 valence electrons. The highest BCUT2D eigenvalue weighted by atomic mass is 15.3. The second-order valence-corrected chi connectivity index (χ2v) is 5.22. The number of aryl methyl sites for hydroxylation is 1. The van der Waals surface area contributed by atoms with Crippen LogP contribution in [0.15, 0.2) is 30.5 Å². The standard InChI is InChI=1S/C15H18N6/c1-10-12-6-5-11(9-13(12)19-18-10)21(4)14-7-8-16-15(17-14)20(2)3/h5-9H,1-4H3,(H,18,19). The lowest BCUT2D eigenvalue weighted by Crippen LogP contribution is -2.16. The number of benzene rings is 1. The summed E-state index contributed by atoms with van der Waals surface area (Å²) in [7, 11) is 5.85. The van der Waals surface area contributed by atoms with Crippen LogP contribution in [-0.4, -0.2) is 41.3 Å². The van der Waals surface area contributed by atoms with E-state index in [-0.39, 0.29) is 0 Å². The molecular weight excluding hydrogens is 264 g/mol. The summed E-state index contributed by atoms with van der Waals surface area (Å²) < 4.78 is 0. The van der Waals surface area contributed by atoms with Crippen molar-refractivity contribution < 1.29 is 0 Å². The van der Waals surface area contributed by atoms with Gasteiger partial charge in [0.25, 0.3) is 0 Å². The van der Waals surface area contributed by atoms with Crippen LogP contribution in [0.3, 0.4) is 0 Å². The second kappa shape index (κ2) is 5.05. The van der Waals surface area contributed by atoms with E-state index in [9.17, 15) is 0 Å². The number of nitrogens with one attached hydrogen (secondary N) is 1. The number of hydrogen-bond donors (Lipinski definition) is 1. The number of aromatic amines is 1. The zero-order valence-electron chi connectivity index (χ0n) is 12.6. The smallest absolute Gasteiger partial charge is 0.226 e. The molecule has 0 saturated carbocycles. The highest BCUT2D eigenvalue weighted by Crippen LogP contribution is 2.26. The number of fused-ring (bicyclic) bond motifs is 1. The Hall–Kier alpha value is -2.63. The van der Waals surface area contributed by atoms with Crippen LogP contribution < -0.4 is 9.80 Å². The normalized spacial score (nSPS) is 10.9. The van der Waals surface area contributed by atoms with E-state index in [1.54, 1.807) is 6.20 Å². The molecule has 6 heteroatoms. The topological polar surface area (TPSA) is 60.9 Å². The first-order valence-electron chi connectivity index (χ1n) is 6.75. The van der Waals surface area contributed by atoms with E-state index >= 15 is 0 Å². The predicted octanol–water partition coefficient (Wildman–Crippen LogP) is 2.50. The first-order chi connectivity index (χ1) is 10.1. The molecule has 0 unspecified atom stereocenters. The number of nitrogens with zero attached hydrogens (tertiary/aromatic N) is 5. The molecular formula is C15H18N6. The first-order valence-corrected chi connectivity index (χ1v) is 6.75. The quantitative estimate of drug-likeness (QED) is 0.799. The minimum Gasteiger partial charge on any atom is -0.347 e. The van der Waals surface area contributed by atoms with Crippen molar-refractivity contribution in [1.29, 1.82) is 0 Å². The maximum Gasteiger partial charge on any atom is 0.226 e. The molecule has 0 aliphatic heterocycles. The van der Waals surface area contributed by atoms with E-state index in [0.29, 0.717) is 5.95 Å². The SMILES string of the molecule is Cc1[nH]nc2cc(N(C)c3ccnc(N(C)C)n3)ccc12. The van der Waals surface area contributed by atoms with Crippen molar-refractivity contribution in [1.82, 2.24) is 20.2 Å². The first kappa shape index (κ1) is 13.4. The van der Waals surface area contributed by atoms with Gasteiger partial charge in [0, 0.05) is 44.1 Å². The van der Waals surface area contributed by atoms with E-state index in [1.807, 2.05) is 43.9 Å². The van der Waals surface area contributed by atoms with Gasteiger partial charge in [0.15, 0.2) is 0 Å². The molecule has 0 atom stereocenters. The lowest BCUT2D eigenvalue weighted by Gasteiger charge is -2.20. The fourth-order valence-corrected chi connectivity index (χ4v) is 2.22. The van der Waals surface area contributed by atoms with Crippen molar-refractivity contribution in [2.75, 3.05) is 30.9 Å². The lowest BCUT2D eigenvalue weighted by atomic mass is 10.2. The van der Waals surface area contributed by atoms with Gasteiger partial charge >= 0.3 is 0 Å². The Labute approximate surface area is 123 Å². The van der Waals surface area contributed by atoms with E-state index in [2.05, 4.69) is 38.4 Å². The molecule has 2 aromatic heterocycles. The molecule has 2 heterocycles. The van der Waals surface area contributed by atoms with Crippen molar-refractivity contribution in [3.8, 4) is 0 Å². The van der Waals surface area contributed by atoms with Gasteiger partial charge in [-0.2, -0.15) is 10.1 Å². The third kappa shape index (κ3) is 2.40. The Morgan fingerprint density at radius 3 is 2.67 bits per heavy atom. The van der Waals surface area contributed by atoms with Crippen molar-refractivity contribution in [2.24, 2.45) is 0 Å². The second-order valence-electron chi connectivity index (χ2n) is 5.22. The van der Waals surface area contributed by atoms with E-state index < -0.39 is 0 Å². The van der Waals surface area contributed by atoms with Crippen LogP contribution in [0.1, 0.15) is 5.69 Å². The van der Waals surface area contributed by atoms with Crippen molar-refractivity contribution in [3.63, 3.8) is 0 Å². The molecule has 0 fully saturated rings. The summed E-state index contributed by atoms with van der Waals surface area (Å²) >= 11 is 0. The van der Waals surface area contributed by atoms with Gasteiger partial charge in [-0.25, -0.2) is 4.98 Å². The fraction of sp³-hybridized carbons (Fsp3) is 0.267. The molecule has 0 saturated heterocycles. The van der Waals surface area contributed by atoms with Crippen LogP contribution in [0.25, 0.3) is 10.9 Å².